The Balaban J connectivity index is 2.68. The van der Waals surface area contributed by atoms with E-state index < -0.39 is 0 Å². The van der Waals surface area contributed by atoms with Crippen molar-refractivity contribution in [2.45, 2.75) is 44.6 Å². The van der Waals surface area contributed by atoms with Crippen molar-refractivity contribution in [2.75, 3.05) is 20.7 Å². The second-order valence-corrected chi connectivity index (χ2v) is 4.81. The second kappa shape index (κ2) is 5.53. The van der Waals surface area contributed by atoms with Gasteiger partial charge in [0.2, 0.25) is 0 Å². The van der Waals surface area contributed by atoms with Gasteiger partial charge in [-0.05, 0) is 31.6 Å². The summed E-state index contributed by atoms with van der Waals surface area (Å²) in [5.41, 5.74) is 5.69. The lowest BCUT2D eigenvalue weighted by Gasteiger charge is -2.45. The molecule has 0 atom stereocenters. The highest BCUT2D eigenvalue weighted by atomic mass is 16.5. The molecule has 16 heavy (non-hydrogen) atoms. The van der Waals surface area contributed by atoms with Gasteiger partial charge in [-0.1, -0.05) is 13.3 Å². The smallest absolute Gasteiger partial charge is 0.409 e. The molecule has 0 spiro atoms. The Labute approximate surface area is 98.1 Å². The predicted octanol–water partition coefficient (Wildman–Crippen LogP) is 1.98. The highest BCUT2D eigenvalue weighted by Gasteiger charge is 2.39. The highest BCUT2D eigenvalue weighted by molar-refractivity contribution is 5.68. The molecule has 4 heteroatoms. The van der Waals surface area contributed by atoms with Crippen LogP contribution in [0.4, 0.5) is 4.79 Å². The molecule has 0 unspecified atom stereocenters. The third-order valence-corrected chi connectivity index (χ3v) is 4.15. The second-order valence-electron chi connectivity index (χ2n) is 4.81. The lowest BCUT2D eigenvalue weighted by atomic mass is 9.75. The number of hydrogen-bond acceptors (Lipinski definition) is 3. The molecular weight excluding hydrogens is 204 g/mol. The first-order valence-corrected chi connectivity index (χ1v) is 6.11. The van der Waals surface area contributed by atoms with Crippen LogP contribution in [0.3, 0.4) is 0 Å². The fraction of sp³-hybridized carbons (Fsp3) is 0.917. The third-order valence-electron chi connectivity index (χ3n) is 4.15. The molecule has 1 amide bonds. The third kappa shape index (κ3) is 2.48. The number of carbonyl (C=O) groups is 1. The number of likely N-dealkylation sites (N-methyl/N-ethyl adjacent to an activating group) is 1. The van der Waals surface area contributed by atoms with Crippen molar-refractivity contribution in [2.24, 2.45) is 11.7 Å². The molecular formula is C12H24N2O2. The maximum Gasteiger partial charge on any atom is 0.409 e. The molecule has 1 fully saturated rings. The molecule has 0 heterocycles. The molecule has 0 aliphatic heterocycles. The van der Waals surface area contributed by atoms with Gasteiger partial charge in [0.1, 0.15) is 0 Å². The van der Waals surface area contributed by atoms with Gasteiger partial charge < -0.3 is 15.4 Å². The quantitative estimate of drug-likeness (QED) is 0.803. The van der Waals surface area contributed by atoms with Crippen LogP contribution in [0, 0.1) is 5.92 Å². The van der Waals surface area contributed by atoms with Gasteiger partial charge in [-0.3, -0.25) is 0 Å². The highest BCUT2D eigenvalue weighted by Crippen LogP contribution is 2.36. The Morgan fingerprint density at radius 3 is 2.44 bits per heavy atom. The van der Waals surface area contributed by atoms with Crippen molar-refractivity contribution < 1.29 is 9.53 Å². The first-order chi connectivity index (χ1) is 7.59. The summed E-state index contributed by atoms with van der Waals surface area (Å²) in [4.78, 5) is 13.3. The van der Waals surface area contributed by atoms with Crippen molar-refractivity contribution >= 4 is 6.09 Å². The Hall–Kier alpha value is -0.770. The van der Waals surface area contributed by atoms with Gasteiger partial charge in [-0.25, -0.2) is 4.79 Å². The molecule has 0 saturated heterocycles. The molecule has 1 aliphatic rings. The lowest BCUT2D eigenvalue weighted by Crippen LogP contribution is -2.56. The minimum Gasteiger partial charge on any atom is -0.453 e. The largest absolute Gasteiger partial charge is 0.453 e. The lowest BCUT2D eigenvalue weighted by molar-refractivity contribution is 0.0499. The summed E-state index contributed by atoms with van der Waals surface area (Å²) < 4.78 is 4.78. The zero-order valence-corrected chi connectivity index (χ0v) is 10.7. The number of methoxy groups -OCH3 is 1. The first kappa shape index (κ1) is 13.3. The number of rotatable bonds is 3. The van der Waals surface area contributed by atoms with Crippen LogP contribution in [0.5, 0.6) is 0 Å². The fourth-order valence-electron chi connectivity index (χ4n) is 2.63. The van der Waals surface area contributed by atoms with E-state index in [1.54, 1.807) is 11.9 Å². The Kier molecular flexibility index (Phi) is 4.59. The van der Waals surface area contributed by atoms with Crippen molar-refractivity contribution in [3.05, 3.63) is 0 Å². The summed E-state index contributed by atoms with van der Waals surface area (Å²) in [7, 11) is 3.21. The number of nitrogens with zero attached hydrogens (tertiary/aromatic N) is 1. The van der Waals surface area contributed by atoms with Crippen LogP contribution >= 0.6 is 0 Å². The van der Waals surface area contributed by atoms with Crippen LogP contribution in [0.15, 0.2) is 0 Å². The molecule has 94 valence electrons. The predicted molar refractivity (Wildman–Crippen MR) is 64.2 cm³/mol. The minimum atomic E-state index is -0.277. The van der Waals surface area contributed by atoms with Gasteiger partial charge >= 0.3 is 6.09 Å². The van der Waals surface area contributed by atoms with Gasteiger partial charge in [-0.15, -0.1) is 0 Å². The molecule has 2 N–H and O–H groups in total. The van der Waals surface area contributed by atoms with E-state index in [1.165, 1.54) is 13.5 Å². The molecule has 0 aromatic heterocycles. The number of ether oxygens (including phenoxy) is 1. The summed E-state index contributed by atoms with van der Waals surface area (Å²) in [6.45, 7) is 2.75. The normalized spacial score (nSPS) is 29.9. The van der Waals surface area contributed by atoms with Crippen LogP contribution < -0.4 is 5.73 Å². The maximum atomic E-state index is 11.6. The zero-order valence-electron chi connectivity index (χ0n) is 10.7. The average Bonchev–Trinajstić information content (AvgIpc) is 2.37. The van der Waals surface area contributed by atoms with Crippen LogP contribution in [-0.2, 0) is 4.74 Å². The molecule has 1 saturated carbocycles. The van der Waals surface area contributed by atoms with Gasteiger partial charge in [0.15, 0.2) is 0 Å². The van der Waals surface area contributed by atoms with E-state index in [-0.39, 0.29) is 11.6 Å². The van der Waals surface area contributed by atoms with E-state index in [0.29, 0.717) is 6.54 Å². The van der Waals surface area contributed by atoms with Crippen LogP contribution in [0.25, 0.3) is 0 Å². The molecule has 0 aromatic carbocycles. The van der Waals surface area contributed by atoms with Crippen LogP contribution in [0.2, 0.25) is 0 Å². The summed E-state index contributed by atoms with van der Waals surface area (Å²) in [5, 5.41) is 0. The maximum absolute atomic E-state index is 11.6. The fourth-order valence-corrected chi connectivity index (χ4v) is 2.63. The Bertz CT molecular complexity index is 235. The van der Waals surface area contributed by atoms with E-state index in [0.717, 1.165) is 31.6 Å². The standard InChI is InChI=1S/C12H24N2O2/c1-4-10-5-7-12(9-13,8-6-10)14(2)11(15)16-3/h10H,4-9,13H2,1-3H3. The Morgan fingerprint density at radius 2 is 2.06 bits per heavy atom. The van der Waals surface area contributed by atoms with Crippen molar-refractivity contribution in [1.29, 1.82) is 0 Å². The number of carbonyl (C=O) groups excluding carboxylic acids is 1. The molecule has 0 radical (unpaired) electrons. The average molecular weight is 228 g/mol. The molecule has 1 aliphatic carbocycles. The van der Waals surface area contributed by atoms with Crippen molar-refractivity contribution in [3.63, 3.8) is 0 Å². The van der Waals surface area contributed by atoms with Crippen molar-refractivity contribution in [3.8, 4) is 0 Å². The van der Waals surface area contributed by atoms with Crippen LogP contribution in [0.1, 0.15) is 39.0 Å². The zero-order chi connectivity index (χ0) is 12.2. The van der Waals surface area contributed by atoms with Gasteiger partial charge in [0, 0.05) is 13.6 Å². The molecule has 0 aromatic rings. The summed E-state index contributed by atoms with van der Waals surface area (Å²) >= 11 is 0. The van der Waals surface area contributed by atoms with Gasteiger partial charge in [-0.2, -0.15) is 0 Å². The van der Waals surface area contributed by atoms with E-state index in [1.807, 2.05) is 0 Å². The SMILES string of the molecule is CCC1CCC(CN)(N(C)C(=O)OC)CC1. The number of hydrogen-bond donors (Lipinski definition) is 1. The summed E-state index contributed by atoms with van der Waals surface area (Å²) in [5.74, 6) is 0.797. The van der Waals surface area contributed by atoms with Crippen molar-refractivity contribution in [1.82, 2.24) is 4.90 Å². The number of amides is 1. The monoisotopic (exact) mass is 228 g/mol. The summed E-state index contributed by atoms with van der Waals surface area (Å²) in [6, 6.07) is 0. The minimum absolute atomic E-state index is 0.182. The van der Waals surface area contributed by atoms with Gasteiger partial charge in [0.25, 0.3) is 0 Å². The summed E-state index contributed by atoms with van der Waals surface area (Å²) in [6.07, 6.45) is 5.26. The number of nitrogens with two attached hydrogens (primary N) is 1. The van der Waals surface area contributed by atoms with E-state index in [4.69, 9.17) is 10.5 Å². The van der Waals surface area contributed by atoms with Crippen LogP contribution in [-0.4, -0.2) is 37.2 Å². The topological polar surface area (TPSA) is 55.6 Å². The van der Waals surface area contributed by atoms with Gasteiger partial charge in [0.05, 0.1) is 12.6 Å². The molecule has 0 bridgehead atoms. The van der Waals surface area contributed by atoms with E-state index in [2.05, 4.69) is 6.92 Å². The molecule has 4 nitrogen and oxygen atoms in total. The van der Waals surface area contributed by atoms with E-state index >= 15 is 0 Å². The molecule has 1 rings (SSSR count). The van der Waals surface area contributed by atoms with E-state index in [9.17, 15) is 4.79 Å². The first-order valence-electron chi connectivity index (χ1n) is 6.11. The Morgan fingerprint density at radius 1 is 1.50 bits per heavy atom.